The number of amides is 1. The molecule has 0 unspecified atom stereocenters. The van der Waals surface area contributed by atoms with Crippen LogP contribution in [0.25, 0.3) is 0 Å². The lowest BCUT2D eigenvalue weighted by Gasteiger charge is -2.28. The van der Waals surface area contributed by atoms with Crippen LogP contribution in [0.1, 0.15) is 30.1 Å². The molecule has 1 heterocycles. The van der Waals surface area contributed by atoms with E-state index in [1.54, 1.807) is 23.1 Å². The third kappa shape index (κ3) is 5.06. The molecule has 1 aromatic heterocycles. The smallest absolute Gasteiger partial charge is 0.238 e. The fraction of sp³-hybridized carbons (Fsp3) is 0.412. The van der Waals surface area contributed by atoms with Gasteiger partial charge in [0.25, 0.3) is 0 Å². The van der Waals surface area contributed by atoms with E-state index in [4.69, 9.17) is 5.73 Å². The molecule has 0 bridgehead atoms. The van der Waals surface area contributed by atoms with Crippen LogP contribution in [-0.2, 0) is 17.8 Å². The number of rotatable bonds is 7. The third-order valence-electron chi connectivity index (χ3n) is 3.80. The van der Waals surface area contributed by atoms with Gasteiger partial charge in [-0.2, -0.15) is 11.8 Å². The van der Waals surface area contributed by atoms with Crippen molar-refractivity contribution in [1.29, 1.82) is 0 Å². The zero-order valence-electron chi connectivity index (χ0n) is 13.7. The largest absolute Gasteiger partial charge is 0.349 e. The number of hydrogen-bond donors (Lipinski definition) is 2. The molecule has 0 saturated carbocycles. The number of benzene rings is 1. The Balaban J connectivity index is 1.89. The maximum absolute atomic E-state index is 12.1. The molecule has 0 spiro atoms. The molecule has 23 heavy (non-hydrogen) atoms. The average molecular weight is 350 g/mol. The van der Waals surface area contributed by atoms with E-state index in [1.165, 1.54) is 5.56 Å². The van der Waals surface area contributed by atoms with Gasteiger partial charge >= 0.3 is 0 Å². The van der Waals surface area contributed by atoms with Crippen molar-refractivity contribution in [2.75, 3.05) is 6.26 Å². The first-order valence-corrected chi connectivity index (χ1v) is 9.58. The molecule has 1 amide bonds. The SMILES string of the molecule is CSC(C)(C)[C@H](N)C(=O)NCc1csc(Cc2ccccc2)n1. The molecule has 0 saturated heterocycles. The summed E-state index contributed by atoms with van der Waals surface area (Å²) in [7, 11) is 0. The fourth-order valence-electron chi connectivity index (χ4n) is 2.01. The average Bonchev–Trinajstić information content (AvgIpc) is 3.00. The molecule has 3 N–H and O–H groups in total. The lowest BCUT2D eigenvalue weighted by molar-refractivity contribution is -0.123. The minimum Gasteiger partial charge on any atom is -0.349 e. The highest BCUT2D eigenvalue weighted by Crippen LogP contribution is 2.24. The molecule has 0 aliphatic heterocycles. The molecule has 0 aliphatic carbocycles. The Morgan fingerprint density at radius 2 is 2.09 bits per heavy atom. The van der Waals surface area contributed by atoms with E-state index in [-0.39, 0.29) is 10.7 Å². The Kier molecular flexibility index (Phi) is 6.21. The molecule has 6 heteroatoms. The van der Waals surface area contributed by atoms with E-state index >= 15 is 0 Å². The Hall–Kier alpha value is -1.37. The quantitative estimate of drug-likeness (QED) is 0.806. The molecule has 0 aliphatic rings. The fourth-order valence-corrected chi connectivity index (χ4v) is 3.20. The van der Waals surface area contributed by atoms with Crippen LogP contribution in [0, 0.1) is 0 Å². The Morgan fingerprint density at radius 3 is 2.74 bits per heavy atom. The van der Waals surface area contributed by atoms with Gasteiger partial charge in [-0.05, 0) is 25.7 Å². The molecule has 1 aromatic carbocycles. The van der Waals surface area contributed by atoms with Gasteiger partial charge in [-0.15, -0.1) is 11.3 Å². The van der Waals surface area contributed by atoms with Crippen LogP contribution in [0.2, 0.25) is 0 Å². The molecule has 0 fully saturated rings. The zero-order chi connectivity index (χ0) is 16.9. The Bertz CT molecular complexity index is 640. The third-order valence-corrected chi connectivity index (χ3v) is 6.00. The molecule has 1 atom stereocenters. The number of thioether (sulfide) groups is 1. The summed E-state index contributed by atoms with van der Waals surface area (Å²) in [6, 6.07) is 9.70. The van der Waals surface area contributed by atoms with Crippen LogP contribution < -0.4 is 11.1 Å². The molecule has 0 radical (unpaired) electrons. The van der Waals surface area contributed by atoms with Crippen molar-refractivity contribution in [3.63, 3.8) is 0 Å². The molecular formula is C17H23N3OS2. The first-order valence-electron chi connectivity index (χ1n) is 7.48. The topological polar surface area (TPSA) is 68.0 Å². The lowest BCUT2D eigenvalue weighted by atomic mass is 10.0. The van der Waals surface area contributed by atoms with Crippen molar-refractivity contribution < 1.29 is 4.79 Å². The van der Waals surface area contributed by atoms with Crippen LogP contribution in [0.15, 0.2) is 35.7 Å². The summed E-state index contributed by atoms with van der Waals surface area (Å²) in [6.07, 6.45) is 2.78. The van der Waals surface area contributed by atoms with Gasteiger partial charge in [0, 0.05) is 16.5 Å². The van der Waals surface area contributed by atoms with Crippen LogP contribution in [0.3, 0.4) is 0 Å². The van der Waals surface area contributed by atoms with Gasteiger partial charge in [0.05, 0.1) is 23.3 Å². The number of thiazole rings is 1. The number of carbonyl (C=O) groups is 1. The molecule has 2 rings (SSSR count). The maximum atomic E-state index is 12.1. The van der Waals surface area contributed by atoms with Gasteiger partial charge in [-0.1, -0.05) is 30.3 Å². The summed E-state index contributed by atoms with van der Waals surface area (Å²) in [5, 5.41) is 5.92. The molecule has 2 aromatic rings. The predicted molar refractivity (Wildman–Crippen MR) is 98.8 cm³/mol. The number of nitrogens with zero attached hydrogens (tertiary/aromatic N) is 1. The predicted octanol–water partition coefficient (Wildman–Crippen LogP) is 2.82. The van der Waals surface area contributed by atoms with Gasteiger partial charge in [0.15, 0.2) is 0 Å². The van der Waals surface area contributed by atoms with E-state index in [0.29, 0.717) is 6.54 Å². The summed E-state index contributed by atoms with van der Waals surface area (Å²) in [6.45, 7) is 4.37. The normalized spacial score (nSPS) is 12.9. The molecule has 124 valence electrons. The van der Waals surface area contributed by atoms with Crippen LogP contribution >= 0.6 is 23.1 Å². The maximum Gasteiger partial charge on any atom is 0.238 e. The van der Waals surface area contributed by atoms with E-state index in [1.807, 2.05) is 43.7 Å². The van der Waals surface area contributed by atoms with Crippen molar-refractivity contribution in [2.24, 2.45) is 5.73 Å². The van der Waals surface area contributed by atoms with E-state index in [2.05, 4.69) is 22.4 Å². The first-order chi connectivity index (χ1) is 10.9. The van der Waals surface area contributed by atoms with Crippen molar-refractivity contribution >= 4 is 29.0 Å². The van der Waals surface area contributed by atoms with E-state index in [0.717, 1.165) is 17.1 Å². The Morgan fingerprint density at radius 1 is 1.39 bits per heavy atom. The second-order valence-electron chi connectivity index (χ2n) is 5.90. The molecule has 4 nitrogen and oxygen atoms in total. The van der Waals surface area contributed by atoms with Gasteiger partial charge in [-0.25, -0.2) is 4.98 Å². The second-order valence-corrected chi connectivity index (χ2v) is 8.30. The number of nitrogens with two attached hydrogens (primary N) is 1. The summed E-state index contributed by atoms with van der Waals surface area (Å²) < 4.78 is -0.287. The first kappa shape index (κ1) is 18.0. The monoisotopic (exact) mass is 349 g/mol. The lowest BCUT2D eigenvalue weighted by Crippen LogP contribution is -2.51. The van der Waals surface area contributed by atoms with Crippen LogP contribution in [-0.4, -0.2) is 27.9 Å². The zero-order valence-corrected chi connectivity index (χ0v) is 15.3. The van der Waals surface area contributed by atoms with Crippen molar-refractivity contribution in [3.05, 3.63) is 52.0 Å². The molecular weight excluding hydrogens is 326 g/mol. The number of nitrogens with one attached hydrogen (secondary N) is 1. The minimum atomic E-state index is -0.542. The highest BCUT2D eigenvalue weighted by molar-refractivity contribution is 8.00. The highest BCUT2D eigenvalue weighted by Gasteiger charge is 2.31. The summed E-state index contributed by atoms with van der Waals surface area (Å²) in [5.41, 5.74) is 8.14. The van der Waals surface area contributed by atoms with Gasteiger partial charge in [-0.3, -0.25) is 4.79 Å². The van der Waals surface area contributed by atoms with Gasteiger partial charge in [0.1, 0.15) is 0 Å². The number of aromatic nitrogens is 1. The van der Waals surface area contributed by atoms with Gasteiger partial charge < -0.3 is 11.1 Å². The minimum absolute atomic E-state index is 0.137. The standard InChI is InChI=1S/C17H23N3OS2/c1-17(2,22-3)15(18)16(21)19-10-13-11-23-14(20-13)9-12-7-5-4-6-8-12/h4-8,11,15H,9-10,18H2,1-3H3,(H,19,21)/t15-/m1/s1. The van der Waals surface area contributed by atoms with Crippen molar-refractivity contribution in [2.45, 2.75) is 37.6 Å². The highest BCUT2D eigenvalue weighted by atomic mass is 32.2. The summed E-state index contributed by atoms with van der Waals surface area (Å²) in [5.74, 6) is -0.137. The van der Waals surface area contributed by atoms with Crippen molar-refractivity contribution in [1.82, 2.24) is 10.3 Å². The summed E-state index contributed by atoms with van der Waals surface area (Å²) >= 11 is 3.21. The van der Waals surface area contributed by atoms with Crippen molar-refractivity contribution in [3.8, 4) is 0 Å². The van der Waals surface area contributed by atoms with Crippen LogP contribution in [0.4, 0.5) is 0 Å². The number of carbonyl (C=O) groups excluding carboxylic acids is 1. The van der Waals surface area contributed by atoms with Crippen LogP contribution in [0.5, 0.6) is 0 Å². The Labute approximate surface area is 145 Å². The summed E-state index contributed by atoms with van der Waals surface area (Å²) in [4.78, 5) is 16.7. The second kappa shape index (κ2) is 7.95. The van der Waals surface area contributed by atoms with E-state index in [9.17, 15) is 4.79 Å². The number of hydrogen-bond acceptors (Lipinski definition) is 5. The van der Waals surface area contributed by atoms with E-state index < -0.39 is 6.04 Å². The van der Waals surface area contributed by atoms with Gasteiger partial charge in [0.2, 0.25) is 5.91 Å².